The number of hydrogen-bond donors (Lipinski definition) is 1. The number of hydrogen-bond acceptors (Lipinski definition) is 3. The van der Waals surface area contributed by atoms with Crippen LogP contribution < -0.4 is 0 Å². The van der Waals surface area contributed by atoms with Crippen molar-refractivity contribution in [2.75, 3.05) is 7.11 Å². The SMILES string of the molecule is COC(=O)CCc1ccc2c(c1)[nH]c1ccncc12. The zero-order valence-electron chi connectivity index (χ0n) is 10.6. The first kappa shape index (κ1) is 11.7. The molecule has 0 aliphatic rings. The molecule has 0 saturated heterocycles. The van der Waals surface area contributed by atoms with Crippen LogP contribution >= 0.6 is 0 Å². The quantitative estimate of drug-likeness (QED) is 0.731. The fourth-order valence-electron chi connectivity index (χ4n) is 2.30. The van der Waals surface area contributed by atoms with Gasteiger partial charge in [-0.1, -0.05) is 12.1 Å². The molecule has 1 aromatic carbocycles. The number of aromatic nitrogens is 2. The van der Waals surface area contributed by atoms with Gasteiger partial charge in [-0.05, 0) is 24.1 Å². The van der Waals surface area contributed by atoms with E-state index in [4.69, 9.17) is 0 Å². The van der Waals surface area contributed by atoms with Crippen molar-refractivity contribution in [1.29, 1.82) is 0 Å². The molecular weight excluding hydrogens is 240 g/mol. The average Bonchev–Trinajstić information content (AvgIpc) is 2.82. The Bertz CT molecular complexity index is 746. The predicted molar refractivity (Wildman–Crippen MR) is 73.9 cm³/mol. The van der Waals surface area contributed by atoms with Crippen LogP contribution in [0.2, 0.25) is 0 Å². The van der Waals surface area contributed by atoms with Gasteiger partial charge in [0.1, 0.15) is 0 Å². The number of aryl methyl sites for hydroxylation is 1. The highest BCUT2D eigenvalue weighted by molar-refractivity contribution is 6.06. The first-order valence-electron chi connectivity index (χ1n) is 6.19. The van der Waals surface area contributed by atoms with Crippen LogP contribution in [0.1, 0.15) is 12.0 Å². The summed E-state index contributed by atoms with van der Waals surface area (Å²) in [6.07, 6.45) is 4.73. The number of carbonyl (C=O) groups excluding carboxylic acids is 1. The van der Waals surface area contributed by atoms with Crippen molar-refractivity contribution in [3.63, 3.8) is 0 Å². The zero-order valence-corrected chi connectivity index (χ0v) is 10.6. The van der Waals surface area contributed by atoms with E-state index in [0.717, 1.165) is 27.4 Å². The Kier molecular flexibility index (Phi) is 2.91. The number of nitrogens with one attached hydrogen (secondary N) is 1. The van der Waals surface area contributed by atoms with E-state index in [0.29, 0.717) is 12.8 Å². The van der Waals surface area contributed by atoms with Crippen LogP contribution in [0, 0.1) is 0 Å². The first-order valence-corrected chi connectivity index (χ1v) is 6.19. The van der Waals surface area contributed by atoms with Crippen LogP contribution in [-0.2, 0) is 16.0 Å². The van der Waals surface area contributed by atoms with Crippen LogP contribution in [0.25, 0.3) is 21.8 Å². The second kappa shape index (κ2) is 4.72. The van der Waals surface area contributed by atoms with Crippen LogP contribution in [0.15, 0.2) is 36.7 Å². The second-order valence-electron chi connectivity index (χ2n) is 4.50. The van der Waals surface area contributed by atoms with Crippen molar-refractivity contribution in [2.45, 2.75) is 12.8 Å². The molecule has 0 atom stereocenters. The van der Waals surface area contributed by atoms with Crippen LogP contribution in [0.3, 0.4) is 0 Å². The topological polar surface area (TPSA) is 55.0 Å². The van der Waals surface area contributed by atoms with Crippen molar-refractivity contribution in [3.05, 3.63) is 42.2 Å². The number of aromatic amines is 1. The van der Waals surface area contributed by atoms with Crippen LogP contribution in [-0.4, -0.2) is 23.0 Å². The third kappa shape index (κ3) is 2.17. The molecule has 0 unspecified atom stereocenters. The second-order valence-corrected chi connectivity index (χ2v) is 4.50. The number of benzene rings is 1. The monoisotopic (exact) mass is 254 g/mol. The molecule has 0 aliphatic heterocycles. The maximum absolute atomic E-state index is 11.2. The van der Waals surface area contributed by atoms with E-state index in [-0.39, 0.29) is 5.97 Å². The van der Waals surface area contributed by atoms with Gasteiger partial charge in [-0.3, -0.25) is 9.78 Å². The largest absolute Gasteiger partial charge is 0.469 e. The van der Waals surface area contributed by atoms with Crippen molar-refractivity contribution in [2.24, 2.45) is 0 Å². The molecule has 4 heteroatoms. The minimum Gasteiger partial charge on any atom is -0.469 e. The smallest absolute Gasteiger partial charge is 0.305 e. The third-order valence-electron chi connectivity index (χ3n) is 3.31. The Balaban J connectivity index is 1.97. The maximum Gasteiger partial charge on any atom is 0.305 e. The van der Waals surface area contributed by atoms with E-state index in [1.54, 1.807) is 6.20 Å². The lowest BCUT2D eigenvalue weighted by molar-refractivity contribution is -0.140. The molecule has 2 heterocycles. The van der Waals surface area contributed by atoms with Crippen molar-refractivity contribution in [1.82, 2.24) is 9.97 Å². The first-order chi connectivity index (χ1) is 9.28. The van der Waals surface area contributed by atoms with E-state index in [1.807, 2.05) is 18.3 Å². The summed E-state index contributed by atoms with van der Waals surface area (Å²) in [6.45, 7) is 0. The summed E-state index contributed by atoms with van der Waals surface area (Å²) in [5, 5.41) is 2.28. The lowest BCUT2D eigenvalue weighted by Crippen LogP contribution is -2.01. The molecule has 3 aromatic rings. The third-order valence-corrected chi connectivity index (χ3v) is 3.31. The molecule has 0 amide bonds. The van der Waals surface area contributed by atoms with E-state index in [9.17, 15) is 4.79 Å². The Morgan fingerprint density at radius 3 is 3.00 bits per heavy atom. The fourth-order valence-corrected chi connectivity index (χ4v) is 2.30. The van der Waals surface area contributed by atoms with Gasteiger partial charge < -0.3 is 9.72 Å². The molecule has 0 radical (unpaired) electrons. The lowest BCUT2D eigenvalue weighted by atomic mass is 10.1. The molecule has 96 valence electrons. The normalized spacial score (nSPS) is 11.0. The van der Waals surface area contributed by atoms with E-state index in [1.165, 1.54) is 7.11 Å². The maximum atomic E-state index is 11.2. The van der Waals surface area contributed by atoms with Gasteiger partial charge in [0.15, 0.2) is 0 Å². The number of fused-ring (bicyclic) bond motifs is 3. The number of nitrogens with zero attached hydrogens (tertiary/aromatic N) is 1. The molecule has 0 fully saturated rings. The molecule has 19 heavy (non-hydrogen) atoms. The predicted octanol–water partition coefficient (Wildman–Crippen LogP) is 2.82. The van der Waals surface area contributed by atoms with Gasteiger partial charge in [0, 0.05) is 40.6 Å². The van der Waals surface area contributed by atoms with Crippen LogP contribution in [0.5, 0.6) is 0 Å². The summed E-state index contributed by atoms with van der Waals surface area (Å²) in [5.41, 5.74) is 3.28. The van der Waals surface area contributed by atoms with Gasteiger partial charge in [0.05, 0.1) is 7.11 Å². The standard InChI is InChI=1S/C15H14N2O2/c1-19-15(18)5-3-10-2-4-11-12-9-16-7-6-13(12)17-14(11)8-10/h2,4,6-9,17H,3,5H2,1H3. The molecule has 0 aliphatic carbocycles. The van der Waals surface area contributed by atoms with E-state index in [2.05, 4.69) is 26.8 Å². The Morgan fingerprint density at radius 2 is 2.16 bits per heavy atom. The number of H-pyrrole nitrogens is 1. The van der Waals surface area contributed by atoms with E-state index >= 15 is 0 Å². The average molecular weight is 254 g/mol. The summed E-state index contributed by atoms with van der Waals surface area (Å²) in [7, 11) is 1.41. The Morgan fingerprint density at radius 1 is 1.26 bits per heavy atom. The van der Waals surface area contributed by atoms with Gasteiger partial charge in [0.2, 0.25) is 0 Å². The molecule has 0 bridgehead atoms. The van der Waals surface area contributed by atoms with Gasteiger partial charge in [-0.15, -0.1) is 0 Å². The van der Waals surface area contributed by atoms with Gasteiger partial charge in [0.25, 0.3) is 0 Å². The Hall–Kier alpha value is -2.36. The number of methoxy groups -OCH3 is 1. The number of esters is 1. The summed E-state index contributed by atoms with van der Waals surface area (Å²) < 4.78 is 4.65. The summed E-state index contributed by atoms with van der Waals surface area (Å²) in [5.74, 6) is -0.180. The van der Waals surface area contributed by atoms with Gasteiger partial charge >= 0.3 is 5.97 Å². The summed E-state index contributed by atoms with van der Waals surface area (Å²) in [6, 6.07) is 8.16. The van der Waals surface area contributed by atoms with Crippen molar-refractivity contribution in [3.8, 4) is 0 Å². The molecule has 2 aromatic heterocycles. The van der Waals surface area contributed by atoms with Crippen LogP contribution in [0.4, 0.5) is 0 Å². The van der Waals surface area contributed by atoms with Crippen molar-refractivity contribution < 1.29 is 9.53 Å². The molecule has 4 nitrogen and oxygen atoms in total. The van der Waals surface area contributed by atoms with Crippen molar-refractivity contribution >= 4 is 27.8 Å². The molecule has 0 saturated carbocycles. The summed E-state index contributed by atoms with van der Waals surface area (Å²) >= 11 is 0. The minimum atomic E-state index is -0.180. The highest BCUT2D eigenvalue weighted by Crippen LogP contribution is 2.25. The number of carbonyl (C=O) groups is 1. The summed E-state index contributed by atoms with van der Waals surface area (Å²) in [4.78, 5) is 18.7. The highest BCUT2D eigenvalue weighted by Gasteiger charge is 2.06. The number of ether oxygens (including phenoxy) is 1. The lowest BCUT2D eigenvalue weighted by Gasteiger charge is -2.01. The molecule has 1 N–H and O–H groups in total. The zero-order chi connectivity index (χ0) is 13.2. The molecule has 0 spiro atoms. The highest BCUT2D eigenvalue weighted by atomic mass is 16.5. The van der Waals surface area contributed by atoms with Gasteiger partial charge in [-0.2, -0.15) is 0 Å². The number of rotatable bonds is 3. The fraction of sp³-hybridized carbons (Fsp3) is 0.200. The number of pyridine rings is 1. The van der Waals surface area contributed by atoms with E-state index < -0.39 is 0 Å². The van der Waals surface area contributed by atoms with Gasteiger partial charge in [-0.25, -0.2) is 0 Å². The molecule has 3 rings (SSSR count). The Labute approximate surface area is 110 Å². The molecular formula is C15H14N2O2. The minimum absolute atomic E-state index is 0.180.